The lowest BCUT2D eigenvalue weighted by atomic mass is 9.82. The Labute approximate surface area is 121 Å². The molecule has 2 rings (SSSR count). The number of rotatable bonds is 4. The van der Waals surface area contributed by atoms with Gasteiger partial charge in [0, 0.05) is 5.69 Å². The molecule has 0 saturated heterocycles. The molecule has 0 heterocycles. The highest BCUT2D eigenvalue weighted by molar-refractivity contribution is 5.96. The van der Waals surface area contributed by atoms with E-state index in [2.05, 4.69) is 5.32 Å². The Bertz CT molecular complexity index is 591. The van der Waals surface area contributed by atoms with Crippen LogP contribution in [0.3, 0.4) is 0 Å². The molecule has 1 aromatic rings. The van der Waals surface area contributed by atoms with E-state index in [-0.39, 0.29) is 11.5 Å². The van der Waals surface area contributed by atoms with Crippen molar-refractivity contribution in [1.29, 1.82) is 0 Å². The van der Waals surface area contributed by atoms with Crippen molar-refractivity contribution in [2.24, 2.45) is 11.8 Å². The predicted octanol–water partition coefficient (Wildman–Crippen LogP) is 1.99. The van der Waals surface area contributed by atoms with Gasteiger partial charge in [-0.05, 0) is 37.1 Å². The van der Waals surface area contributed by atoms with Crippen molar-refractivity contribution < 1.29 is 24.6 Å². The van der Waals surface area contributed by atoms with Gasteiger partial charge in [-0.2, -0.15) is 0 Å². The molecular weight excluding hydrogens is 274 g/mol. The highest BCUT2D eigenvalue weighted by Gasteiger charge is 2.33. The summed E-state index contributed by atoms with van der Waals surface area (Å²) < 4.78 is 0. The monoisotopic (exact) mass is 289 g/mol. The largest absolute Gasteiger partial charge is 0.481 e. The predicted molar refractivity (Wildman–Crippen MR) is 75.0 cm³/mol. The molecule has 0 unspecified atom stereocenters. The Hall–Kier alpha value is -2.63. The Morgan fingerprint density at radius 1 is 0.952 bits per heavy atom. The molecule has 3 N–H and O–H groups in total. The smallest absolute Gasteiger partial charge is 0.335 e. The number of carboxylic acids is 2. The molecule has 2 atom stereocenters. The summed E-state index contributed by atoms with van der Waals surface area (Å²) in [6.45, 7) is 0. The summed E-state index contributed by atoms with van der Waals surface area (Å²) in [5, 5.41) is 20.6. The second-order valence-corrected chi connectivity index (χ2v) is 4.87. The summed E-state index contributed by atoms with van der Waals surface area (Å²) in [5.41, 5.74) is 0.570. The van der Waals surface area contributed by atoms with E-state index >= 15 is 0 Å². The average molecular weight is 289 g/mol. The maximum Gasteiger partial charge on any atom is 0.335 e. The lowest BCUT2D eigenvalue weighted by molar-refractivity contribution is -0.146. The van der Waals surface area contributed by atoms with Crippen LogP contribution in [0.5, 0.6) is 0 Å². The molecule has 1 aromatic carbocycles. The van der Waals surface area contributed by atoms with Gasteiger partial charge >= 0.3 is 11.9 Å². The Morgan fingerprint density at radius 3 is 2.05 bits per heavy atom. The van der Waals surface area contributed by atoms with Crippen LogP contribution < -0.4 is 5.32 Å². The fraction of sp³-hybridized carbons (Fsp3) is 0.267. The number of aliphatic carboxylic acids is 1. The summed E-state index contributed by atoms with van der Waals surface area (Å²) in [4.78, 5) is 34.1. The van der Waals surface area contributed by atoms with Gasteiger partial charge in [-0.3, -0.25) is 9.59 Å². The SMILES string of the molecule is O=C(O)c1ccc(NC(=O)[C@@H]2CC=CC[C@H]2C(=O)O)cc1. The molecular formula is C15H15NO5. The maximum atomic E-state index is 12.2. The lowest BCUT2D eigenvalue weighted by Gasteiger charge is -2.24. The van der Waals surface area contributed by atoms with Crippen molar-refractivity contribution in [2.45, 2.75) is 12.8 Å². The lowest BCUT2D eigenvalue weighted by Crippen LogP contribution is -2.34. The van der Waals surface area contributed by atoms with E-state index < -0.39 is 23.8 Å². The number of allylic oxidation sites excluding steroid dienone is 2. The van der Waals surface area contributed by atoms with E-state index in [1.165, 1.54) is 24.3 Å². The number of carbonyl (C=O) groups excluding carboxylic acids is 1. The summed E-state index contributed by atoms with van der Waals surface area (Å²) in [6, 6.07) is 5.73. The second kappa shape index (κ2) is 6.21. The number of hydrogen-bond donors (Lipinski definition) is 3. The highest BCUT2D eigenvalue weighted by atomic mass is 16.4. The van der Waals surface area contributed by atoms with Gasteiger partial charge in [0.25, 0.3) is 0 Å². The van der Waals surface area contributed by atoms with E-state index in [1.54, 1.807) is 12.2 Å². The van der Waals surface area contributed by atoms with Crippen LogP contribution in [-0.4, -0.2) is 28.1 Å². The van der Waals surface area contributed by atoms with Crippen molar-refractivity contribution in [2.75, 3.05) is 5.32 Å². The first-order valence-electron chi connectivity index (χ1n) is 6.51. The van der Waals surface area contributed by atoms with E-state index in [4.69, 9.17) is 10.2 Å². The summed E-state index contributed by atoms with van der Waals surface area (Å²) in [5.74, 6) is -3.74. The number of anilines is 1. The Morgan fingerprint density at radius 2 is 1.52 bits per heavy atom. The van der Waals surface area contributed by atoms with Gasteiger partial charge in [-0.1, -0.05) is 12.2 Å². The Kier molecular flexibility index (Phi) is 4.37. The molecule has 1 amide bonds. The summed E-state index contributed by atoms with van der Waals surface area (Å²) >= 11 is 0. The number of aromatic carboxylic acids is 1. The van der Waals surface area contributed by atoms with Crippen LogP contribution in [0.2, 0.25) is 0 Å². The third-order valence-corrected chi connectivity index (χ3v) is 3.49. The van der Waals surface area contributed by atoms with Gasteiger partial charge in [0.15, 0.2) is 0 Å². The van der Waals surface area contributed by atoms with Crippen LogP contribution in [0.25, 0.3) is 0 Å². The second-order valence-electron chi connectivity index (χ2n) is 4.87. The minimum atomic E-state index is -1.05. The third kappa shape index (κ3) is 3.47. The topological polar surface area (TPSA) is 104 Å². The minimum Gasteiger partial charge on any atom is -0.481 e. The first-order chi connectivity index (χ1) is 9.99. The average Bonchev–Trinajstić information content (AvgIpc) is 2.47. The third-order valence-electron chi connectivity index (χ3n) is 3.49. The zero-order chi connectivity index (χ0) is 15.4. The van der Waals surface area contributed by atoms with E-state index in [0.717, 1.165) is 0 Å². The first kappa shape index (κ1) is 14.8. The number of amides is 1. The number of nitrogens with one attached hydrogen (secondary N) is 1. The van der Waals surface area contributed by atoms with Crippen LogP contribution in [0.1, 0.15) is 23.2 Å². The minimum absolute atomic E-state index is 0.122. The molecule has 1 aliphatic rings. The quantitative estimate of drug-likeness (QED) is 0.735. The van der Waals surface area contributed by atoms with Crippen molar-refractivity contribution in [1.82, 2.24) is 0 Å². The molecule has 1 aliphatic carbocycles. The standard InChI is InChI=1S/C15H15NO5/c17-13(11-3-1-2-4-12(11)15(20)21)16-10-7-5-9(6-8-10)14(18)19/h1-2,5-8,11-12H,3-4H2,(H,16,17)(H,18,19)(H,20,21)/t11-,12-/m1/s1. The van der Waals surface area contributed by atoms with Crippen LogP contribution in [0, 0.1) is 11.8 Å². The maximum absolute atomic E-state index is 12.2. The molecule has 0 bridgehead atoms. The zero-order valence-corrected chi connectivity index (χ0v) is 11.2. The molecule has 0 aromatic heterocycles. The highest BCUT2D eigenvalue weighted by Crippen LogP contribution is 2.27. The van der Waals surface area contributed by atoms with Crippen LogP contribution in [0.4, 0.5) is 5.69 Å². The van der Waals surface area contributed by atoms with Crippen molar-refractivity contribution >= 4 is 23.5 Å². The molecule has 0 spiro atoms. The normalized spacial score (nSPS) is 20.8. The van der Waals surface area contributed by atoms with E-state index in [0.29, 0.717) is 18.5 Å². The van der Waals surface area contributed by atoms with Gasteiger partial charge < -0.3 is 15.5 Å². The van der Waals surface area contributed by atoms with E-state index in [9.17, 15) is 14.4 Å². The molecule has 0 saturated carbocycles. The van der Waals surface area contributed by atoms with Crippen molar-refractivity contribution in [3.05, 3.63) is 42.0 Å². The van der Waals surface area contributed by atoms with Gasteiger partial charge in [-0.25, -0.2) is 4.79 Å². The van der Waals surface area contributed by atoms with Gasteiger partial charge in [-0.15, -0.1) is 0 Å². The molecule has 6 nitrogen and oxygen atoms in total. The van der Waals surface area contributed by atoms with E-state index in [1.807, 2.05) is 0 Å². The fourth-order valence-electron chi connectivity index (χ4n) is 2.31. The van der Waals surface area contributed by atoms with Gasteiger partial charge in [0.1, 0.15) is 0 Å². The number of carbonyl (C=O) groups is 3. The van der Waals surface area contributed by atoms with Crippen LogP contribution in [-0.2, 0) is 9.59 Å². The summed E-state index contributed by atoms with van der Waals surface area (Å²) in [6.07, 6.45) is 4.29. The Balaban J connectivity index is 2.08. The zero-order valence-electron chi connectivity index (χ0n) is 11.2. The van der Waals surface area contributed by atoms with Gasteiger partial charge in [0.2, 0.25) is 5.91 Å². The molecule has 21 heavy (non-hydrogen) atoms. The number of carboxylic acid groups (broad SMARTS) is 2. The fourth-order valence-corrected chi connectivity index (χ4v) is 2.31. The van der Waals surface area contributed by atoms with Crippen molar-refractivity contribution in [3.63, 3.8) is 0 Å². The number of hydrogen-bond acceptors (Lipinski definition) is 3. The van der Waals surface area contributed by atoms with Gasteiger partial charge in [0.05, 0.1) is 17.4 Å². The molecule has 6 heteroatoms. The molecule has 110 valence electrons. The number of benzene rings is 1. The molecule has 0 radical (unpaired) electrons. The van der Waals surface area contributed by atoms with Crippen molar-refractivity contribution in [3.8, 4) is 0 Å². The van der Waals surface area contributed by atoms with Crippen LogP contribution >= 0.6 is 0 Å². The molecule has 0 aliphatic heterocycles. The molecule has 0 fully saturated rings. The first-order valence-corrected chi connectivity index (χ1v) is 6.51. The van der Waals surface area contributed by atoms with Crippen LogP contribution in [0.15, 0.2) is 36.4 Å². The summed E-state index contributed by atoms with van der Waals surface area (Å²) in [7, 11) is 0.